The number of aliphatic carboxylic acids is 1. The van der Waals surface area contributed by atoms with E-state index in [2.05, 4.69) is 0 Å². The SMILES string of the molecule is CC[C@@H]1CCC[C@]1(N)C(=O)O. The van der Waals surface area contributed by atoms with Gasteiger partial charge in [0.15, 0.2) is 0 Å². The summed E-state index contributed by atoms with van der Waals surface area (Å²) in [5.74, 6) is -0.651. The Kier molecular flexibility index (Phi) is 2.18. The second kappa shape index (κ2) is 2.81. The van der Waals surface area contributed by atoms with Gasteiger partial charge in [0.2, 0.25) is 0 Å². The van der Waals surface area contributed by atoms with Crippen LogP contribution in [0.3, 0.4) is 0 Å². The Bertz CT molecular complexity index is 169. The zero-order valence-corrected chi connectivity index (χ0v) is 6.84. The molecule has 3 heteroatoms. The molecule has 1 fully saturated rings. The highest BCUT2D eigenvalue weighted by atomic mass is 16.4. The average Bonchev–Trinajstić information content (AvgIpc) is 2.32. The van der Waals surface area contributed by atoms with Crippen molar-refractivity contribution in [2.24, 2.45) is 11.7 Å². The Balaban J connectivity index is 2.75. The van der Waals surface area contributed by atoms with E-state index in [9.17, 15) is 4.79 Å². The van der Waals surface area contributed by atoms with Crippen molar-refractivity contribution in [1.82, 2.24) is 0 Å². The number of rotatable bonds is 2. The molecule has 0 aliphatic heterocycles. The van der Waals surface area contributed by atoms with E-state index in [0.717, 1.165) is 19.3 Å². The average molecular weight is 157 g/mol. The molecule has 0 aromatic rings. The molecule has 0 aromatic heterocycles. The summed E-state index contributed by atoms with van der Waals surface area (Å²) in [6.07, 6.45) is 3.45. The molecule has 0 spiro atoms. The summed E-state index contributed by atoms with van der Waals surface area (Å²) in [6.45, 7) is 2.00. The van der Waals surface area contributed by atoms with Gasteiger partial charge in [-0.25, -0.2) is 0 Å². The van der Waals surface area contributed by atoms with E-state index in [-0.39, 0.29) is 5.92 Å². The summed E-state index contributed by atoms with van der Waals surface area (Å²) >= 11 is 0. The molecule has 0 bridgehead atoms. The summed E-state index contributed by atoms with van der Waals surface area (Å²) in [4.78, 5) is 10.8. The largest absolute Gasteiger partial charge is 0.480 e. The minimum atomic E-state index is -0.922. The Hall–Kier alpha value is -0.570. The maximum Gasteiger partial charge on any atom is 0.323 e. The summed E-state index contributed by atoms with van der Waals surface area (Å²) in [5.41, 5.74) is 4.84. The molecule has 0 aromatic carbocycles. The second-order valence-corrected chi connectivity index (χ2v) is 3.34. The molecule has 3 N–H and O–H groups in total. The molecule has 0 radical (unpaired) electrons. The van der Waals surface area contributed by atoms with E-state index in [4.69, 9.17) is 10.8 Å². The molecule has 0 unspecified atom stereocenters. The Labute approximate surface area is 66.6 Å². The van der Waals surface area contributed by atoms with Crippen molar-refractivity contribution in [3.63, 3.8) is 0 Å². The first-order valence-corrected chi connectivity index (χ1v) is 4.13. The van der Waals surface area contributed by atoms with E-state index in [1.54, 1.807) is 0 Å². The second-order valence-electron chi connectivity index (χ2n) is 3.34. The normalized spacial score (nSPS) is 37.5. The third-order valence-corrected chi connectivity index (χ3v) is 2.76. The molecule has 1 rings (SSSR count). The molecule has 3 nitrogen and oxygen atoms in total. The molecule has 2 atom stereocenters. The van der Waals surface area contributed by atoms with Gasteiger partial charge < -0.3 is 10.8 Å². The first kappa shape index (κ1) is 8.53. The lowest BCUT2D eigenvalue weighted by atomic mass is 9.86. The van der Waals surface area contributed by atoms with Crippen LogP contribution in [0.15, 0.2) is 0 Å². The van der Waals surface area contributed by atoms with Gasteiger partial charge in [-0.1, -0.05) is 19.8 Å². The van der Waals surface area contributed by atoms with Crippen molar-refractivity contribution in [1.29, 1.82) is 0 Å². The van der Waals surface area contributed by atoms with Crippen LogP contribution in [0.2, 0.25) is 0 Å². The first-order chi connectivity index (χ1) is 5.11. The molecule has 0 amide bonds. The van der Waals surface area contributed by atoms with Crippen LogP contribution >= 0.6 is 0 Å². The standard InChI is InChI=1S/C8H15NO2/c1-2-6-4-3-5-8(6,9)7(10)11/h6H,2-5,9H2,1H3,(H,10,11)/t6-,8-/m1/s1. The Morgan fingerprint density at radius 2 is 2.45 bits per heavy atom. The van der Waals surface area contributed by atoms with E-state index in [1.807, 2.05) is 6.92 Å². The maximum absolute atomic E-state index is 10.8. The molecule has 0 heterocycles. The quantitative estimate of drug-likeness (QED) is 0.628. The van der Waals surface area contributed by atoms with Crippen molar-refractivity contribution in [2.45, 2.75) is 38.1 Å². The van der Waals surface area contributed by atoms with E-state index in [1.165, 1.54) is 0 Å². The number of hydrogen-bond acceptors (Lipinski definition) is 2. The number of carbonyl (C=O) groups is 1. The van der Waals surface area contributed by atoms with E-state index >= 15 is 0 Å². The fraction of sp³-hybridized carbons (Fsp3) is 0.875. The highest BCUT2D eigenvalue weighted by Crippen LogP contribution is 2.35. The third-order valence-electron chi connectivity index (χ3n) is 2.76. The molecule has 1 aliphatic carbocycles. The van der Waals surface area contributed by atoms with Crippen LogP contribution in [0.4, 0.5) is 0 Å². The highest BCUT2D eigenvalue weighted by molar-refractivity contribution is 5.79. The van der Waals surface area contributed by atoms with Crippen LogP contribution in [0.25, 0.3) is 0 Å². The summed E-state index contributed by atoms with van der Waals surface area (Å²) in [7, 11) is 0. The fourth-order valence-electron chi connectivity index (χ4n) is 1.95. The number of carboxylic acid groups (broad SMARTS) is 1. The lowest BCUT2D eigenvalue weighted by Crippen LogP contribution is -2.50. The van der Waals surface area contributed by atoms with Gasteiger partial charge in [0.05, 0.1) is 0 Å². The van der Waals surface area contributed by atoms with E-state index in [0.29, 0.717) is 6.42 Å². The number of hydrogen-bond donors (Lipinski definition) is 2. The monoisotopic (exact) mass is 157 g/mol. The highest BCUT2D eigenvalue weighted by Gasteiger charge is 2.44. The lowest BCUT2D eigenvalue weighted by Gasteiger charge is -2.25. The minimum Gasteiger partial charge on any atom is -0.480 e. The predicted molar refractivity (Wildman–Crippen MR) is 42.2 cm³/mol. The van der Waals surface area contributed by atoms with E-state index < -0.39 is 11.5 Å². The minimum absolute atomic E-state index is 0.181. The van der Waals surface area contributed by atoms with Gasteiger partial charge in [-0.3, -0.25) is 4.79 Å². The summed E-state index contributed by atoms with van der Waals surface area (Å²) in [5, 5.41) is 8.85. The van der Waals surface area contributed by atoms with Crippen LogP contribution in [0.1, 0.15) is 32.6 Å². The van der Waals surface area contributed by atoms with Crippen LogP contribution in [0.5, 0.6) is 0 Å². The van der Waals surface area contributed by atoms with Crippen molar-refractivity contribution in [3.05, 3.63) is 0 Å². The molecule has 1 aliphatic rings. The zero-order chi connectivity index (χ0) is 8.48. The fourth-order valence-corrected chi connectivity index (χ4v) is 1.95. The molecule has 0 saturated heterocycles. The summed E-state index contributed by atoms with van der Waals surface area (Å²) in [6, 6.07) is 0. The van der Waals surface area contributed by atoms with Crippen molar-refractivity contribution in [3.8, 4) is 0 Å². The van der Waals surface area contributed by atoms with Gasteiger partial charge in [0.25, 0.3) is 0 Å². The van der Waals surface area contributed by atoms with Gasteiger partial charge in [-0.15, -0.1) is 0 Å². The van der Waals surface area contributed by atoms with Gasteiger partial charge in [-0.2, -0.15) is 0 Å². The van der Waals surface area contributed by atoms with Crippen LogP contribution in [-0.4, -0.2) is 16.6 Å². The topological polar surface area (TPSA) is 63.3 Å². The molecule has 64 valence electrons. The molecular weight excluding hydrogens is 142 g/mol. The number of carboxylic acids is 1. The Morgan fingerprint density at radius 1 is 1.82 bits per heavy atom. The van der Waals surface area contributed by atoms with Crippen molar-refractivity contribution in [2.75, 3.05) is 0 Å². The smallest absolute Gasteiger partial charge is 0.323 e. The maximum atomic E-state index is 10.8. The van der Waals surface area contributed by atoms with Gasteiger partial charge >= 0.3 is 5.97 Å². The molecule has 11 heavy (non-hydrogen) atoms. The number of nitrogens with two attached hydrogens (primary N) is 1. The summed E-state index contributed by atoms with van der Waals surface area (Å²) < 4.78 is 0. The zero-order valence-electron chi connectivity index (χ0n) is 6.84. The molecular formula is C8H15NO2. The van der Waals surface area contributed by atoms with Crippen molar-refractivity contribution < 1.29 is 9.90 Å². The lowest BCUT2D eigenvalue weighted by molar-refractivity contribution is -0.144. The first-order valence-electron chi connectivity index (χ1n) is 4.13. The Morgan fingerprint density at radius 3 is 2.82 bits per heavy atom. The van der Waals surface area contributed by atoms with Gasteiger partial charge in [0.1, 0.15) is 5.54 Å². The predicted octanol–water partition coefficient (Wildman–Crippen LogP) is 0.979. The van der Waals surface area contributed by atoms with Crippen LogP contribution in [0, 0.1) is 5.92 Å². The van der Waals surface area contributed by atoms with Crippen LogP contribution < -0.4 is 5.73 Å². The van der Waals surface area contributed by atoms with Crippen LogP contribution in [-0.2, 0) is 4.79 Å². The van der Waals surface area contributed by atoms with Gasteiger partial charge in [-0.05, 0) is 18.8 Å². The van der Waals surface area contributed by atoms with Crippen molar-refractivity contribution >= 4 is 5.97 Å². The van der Waals surface area contributed by atoms with Gasteiger partial charge in [0, 0.05) is 0 Å². The molecule has 1 saturated carbocycles. The third kappa shape index (κ3) is 1.25.